The number of nitrogens with two attached hydrogens (primary N) is 1. The Kier molecular flexibility index (Phi) is 3.17. The van der Waals surface area contributed by atoms with Crippen LogP contribution in [0.3, 0.4) is 0 Å². The van der Waals surface area contributed by atoms with Crippen LogP contribution < -0.4 is 5.73 Å². The van der Waals surface area contributed by atoms with E-state index in [2.05, 4.69) is 18.7 Å². The first kappa shape index (κ1) is 11.5. The van der Waals surface area contributed by atoms with Gasteiger partial charge in [-0.3, -0.25) is 9.69 Å². The molecule has 0 spiro atoms. The SMILES string of the molecule is CN(C)C(=O)CN1CCC(N)C1(C)C. The average molecular weight is 199 g/mol. The summed E-state index contributed by atoms with van der Waals surface area (Å²) in [5, 5.41) is 0. The molecule has 0 aromatic carbocycles. The lowest BCUT2D eigenvalue weighted by atomic mass is 9.97. The number of likely N-dealkylation sites (N-methyl/N-ethyl adjacent to an activating group) is 1. The first-order valence-corrected chi connectivity index (χ1v) is 5.06. The van der Waals surface area contributed by atoms with Crippen LogP contribution in [-0.4, -0.2) is 54.5 Å². The topological polar surface area (TPSA) is 49.6 Å². The highest BCUT2D eigenvalue weighted by Crippen LogP contribution is 2.26. The maximum atomic E-state index is 11.5. The molecule has 1 aliphatic rings. The quantitative estimate of drug-likeness (QED) is 0.675. The van der Waals surface area contributed by atoms with Gasteiger partial charge < -0.3 is 10.6 Å². The highest BCUT2D eigenvalue weighted by atomic mass is 16.2. The van der Waals surface area contributed by atoms with Crippen molar-refractivity contribution in [1.29, 1.82) is 0 Å². The zero-order chi connectivity index (χ0) is 10.9. The van der Waals surface area contributed by atoms with Gasteiger partial charge in [-0.25, -0.2) is 0 Å². The fourth-order valence-electron chi connectivity index (χ4n) is 1.76. The predicted octanol–water partition coefficient (Wildman–Crippen LogP) is -0.114. The summed E-state index contributed by atoms with van der Waals surface area (Å²) < 4.78 is 0. The van der Waals surface area contributed by atoms with E-state index in [-0.39, 0.29) is 17.5 Å². The fraction of sp³-hybridized carbons (Fsp3) is 0.900. The van der Waals surface area contributed by atoms with Crippen molar-refractivity contribution in [1.82, 2.24) is 9.80 Å². The molecule has 2 N–H and O–H groups in total. The van der Waals surface area contributed by atoms with E-state index >= 15 is 0 Å². The summed E-state index contributed by atoms with van der Waals surface area (Å²) in [6.07, 6.45) is 0.980. The second-order valence-electron chi connectivity index (χ2n) is 4.76. The van der Waals surface area contributed by atoms with E-state index in [0.717, 1.165) is 13.0 Å². The molecular weight excluding hydrogens is 178 g/mol. The number of hydrogen-bond acceptors (Lipinski definition) is 3. The van der Waals surface area contributed by atoms with E-state index in [1.54, 1.807) is 19.0 Å². The number of nitrogens with zero attached hydrogens (tertiary/aromatic N) is 2. The molecule has 1 unspecified atom stereocenters. The van der Waals surface area contributed by atoms with Gasteiger partial charge in [0.2, 0.25) is 5.91 Å². The number of rotatable bonds is 2. The molecule has 1 fully saturated rings. The maximum absolute atomic E-state index is 11.5. The van der Waals surface area contributed by atoms with Crippen LogP contribution in [0.2, 0.25) is 0 Å². The van der Waals surface area contributed by atoms with Crippen LogP contribution in [0.4, 0.5) is 0 Å². The summed E-state index contributed by atoms with van der Waals surface area (Å²) in [5.74, 6) is 0.146. The summed E-state index contributed by atoms with van der Waals surface area (Å²) in [4.78, 5) is 15.3. The van der Waals surface area contributed by atoms with Crippen LogP contribution in [0.25, 0.3) is 0 Å². The summed E-state index contributed by atoms with van der Waals surface area (Å²) in [6.45, 7) is 5.61. The summed E-state index contributed by atoms with van der Waals surface area (Å²) in [5.41, 5.74) is 5.94. The van der Waals surface area contributed by atoms with Crippen LogP contribution in [0, 0.1) is 0 Å². The number of likely N-dealkylation sites (tertiary alicyclic amines) is 1. The zero-order valence-corrected chi connectivity index (χ0v) is 9.58. The lowest BCUT2D eigenvalue weighted by Gasteiger charge is -2.34. The van der Waals surface area contributed by atoms with Crippen LogP contribution >= 0.6 is 0 Å². The van der Waals surface area contributed by atoms with E-state index in [9.17, 15) is 4.79 Å². The van der Waals surface area contributed by atoms with Crippen molar-refractivity contribution in [3.8, 4) is 0 Å². The Balaban J connectivity index is 2.59. The fourth-order valence-corrected chi connectivity index (χ4v) is 1.76. The molecule has 1 aliphatic heterocycles. The lowest BCUT2D eigenvalue weighted by Crippen LogP contribution is -2.51. The van der Waals surface area contributed by atoms with Gasteiger partial charge in [0.25, 0.3) is 0 Å². The molecule has 0 aromatic rings. The van der Waals surface area contributed by atoms with Crippen LogP contribution in [-0.2, 0) is 4.79 Å². The number of hydrogen-bond donors (Lipinski definition) is 1. The van der Waals surface area contributed by atoms with Gasteiger partial charge in [0, 0.05) is 32.2 Å². The third-order valence-electron chi connectivity index (χ3n) is 3.26. The molecule has 14 heavy (non-hydrogen) atoms. The Morgan fingerprint density at radius 3 is 2.50 bits per heavy atom. The summed E-state index contributed by atoms with van der Waals surface area (Å²) in [6, 6.07) is 0.178. The second-order valence-corrected chi connectivity index (χ2v) is 4.76. The molecule has 0 bridgehead atoms. The predicted molar refractivity (Wildman–Crippen MR) is 56.9 cm³/mol. The van der Waals surface area contributed by atoms with Gasteiger partial charge in [0.15, 0.2) is 0 Å². The van der Waals surface area contributed by atoms with Gasteiger partial charge >= 0.3 is 0 Å². The van der Waals surface area contributed by atoms with Crippen molar-refractivity contribution in [3.63, 3.8) is 0 Å². The Bertz CT molecular complexity index is 225. The molecule has 1 amide bonds. The van der Waals surface area contributed by atoms with E-state index in [1.807, 2.05) is 0 Å². The highest BCUT2D eigenvalue weighted by molar-refractivity contribution is 5.77. The molecule has 0 aliphatic carbocycles. The third-order valence-corrected chi connectivity index (χ3v) is 3.26. The Hall–Kier alpha value is -0.610. The van der Waals surface area contributed by atoms with Crippen molar-refractivity contribution in [2.45, 2.75) is 31.8 Å². The first-order valence-electron chi connectivity index (χ1n) is 5.06. The van der Waals surface area contributed by atoms with Gasteiger partial charge in [-0.1, -0.05) is 0 Å². The zero-order valence-electron chi connectivity index (χ0n) is 9.58. The minimum atomic E-state index is -0.0499. The molecule has 1 rings (SSSR count). The normalized spacial score (nSPS) is 26.5. The largest absolute Gasteiger partial charge is 0.348 e. The van der Waals surface area contributed by atoms with Gasteiger partial charge in [0.1, 0.15) is 0 Å². The number of carbonyl (C=O) groups is 1. The van der Waals surface area contributed by atoms with Crippen LogP contribution in [0.15, 0.2) is 0 Å². The van der Waals surface area contributed by atoms with Gasteiger partial charge in [0.05, 0.1) is 6.54 Å². The standard InChI is InChI=1S/C10H21N3O/c1-10(2)8(11)5-6-13(10)7-9(14)12(3)4/h8H,5-7,11H2,1-4H3. The first-order chi connectivity index (χ1) is 6.35. The second kappa shape index (κ2) is 3.87. The van der Waals surface area contributed by atoms with E-state index in [0.29, 0.717) is 6.54 Å². The lowest BCUT2D eigenvalue weighted by molar-refractivity contribution is -0.130. The van der Waals surface area contributed by atoms with E-state index in [1.165, 1.54) is 0 Å². The monoisotopic (exact) mass is 199 g/mol. The molecular formula is C10H21N3O. The van der Waals surface area contributed by atoms with Crippen molar-refractivity contribution in [3.05, 3.63) is 0 Å². The smallest absolute Gasteiger partial charge is 0.236 e. The van der Waals surface area contributed by atoms with E-state index < -0.39 is 0 Å². The van der Waals surface area contributed by atoms with Crippen molar-refractivity contribution in [2.75, 3.05) is 27.2 Å². The van der Waals surface area contributed by atoms with Crippen LogP contribution in [0.5, 0.6) is 0 Å². The average Bonchev–Trinajstić information content (AvgIpc) is 2.31. The Morgan fingerprint density at radius 1 is 1.57 bits per heavy atom. The van der Waals surface area contributed by atoms with Crippen molar-refractivity contribution < 1.29 is 4.79 Å². The molecule has 0 radical (unpaired) electrons. The molecule has 4 heteroatoms. The van der Waals surface area contributed by atoms with Gasteiger partial charge in [-0.2, -0.15) is 0 Å². The number of carbonyl (C=O) groups excluding carboxylic acids is 1. The van der Waals surface area contributed by atoms with Crippen molar-refractivity contribution >= 4 is 5.91 Å². The van der Waals surface area contributed by atoms with Gasteiger partial charge in [-0.05, 0) is 20.3 Å². The Morgan fingerprint density at radius 2 is 2.14 bits per heavy atom. The van der Waals surface area contributed by atoms with Crippen LogP contribution in [0.1, 0.15) is 20.3 Å². The third kappa shape index (κ3) is 2.07. The molecule has 1 atom stereocenters. The molecule has 82 valence electrons. The van der Waals surface area contributed by atoms with Crippen molar-refractivity contribution in [2.24, 2.45) is 5.73 Å². The maximum Gasteiger partial charge on any atom is 0.236 e. The minimum absolute atomic E-state index is 0.0499. The molecule has 1 saturated heterocycles. The molecule has 4 nitrogen and oxygen atoms in total. The Labute approximate surface area is 86.0 Å². The number of amides is 1. The minimum Gasteiger partial charge on any atom is -0.348 e. The highest BCUT2D eigenvalue weighted by Gasteiger charge is 2.39. The molecule has 1 heterocycles. The summed E-state index contributed by atoms with van der Waals surface area (Å²) in [7, 11) is 3.57. The molecule has 0 aromatic heterocycles. The summed E-state index contributed by atoms with van der Waals surface area (Å²) >= 11 is 0. The van der Waals surface area contributed by atoms with E-state index in [4.69, 9.17) is 5.73 Å². The molecule has 0 saturated carbocycles. The van der Waals surface area contributed by atoms with Gasteiger partial charge in [-0.15, -0.1) is 0 Å².